The van der Waals surface area contributed by atoms with Gasteiger partial charge in [-0.05, 0) is 232 Å². The molecule has 6 aliphatic rings. The number of aryl methyl sites for hydroxylation is 20. The van der Waals surface area contributed by atoms with E-state index in [-0.39, 0.29) is 59.6 Å². The number of pyridine rings is 6. The second kappa shape index (κ2) is 32.1. The molecule has 0 unspecified atom stereocenters. The van der Waals surface area contributed by atoms with Gasteiger partial charge in [0.25, 0.3) is 0 Å². The summed E-state index contributed by atoms with van der Waals surface area (Å²) < 4.78 is 107. The van der Waals surface area contributed by atoms with Gasteiger partial charge in [0.05, 0.1) is 33.4 Å². The van der Waals surface area contributed by atoms with Gasteiger partial charge in [-0.15, -0.1) is 0 Å². The number of nitrogens with zero attached hydrogens (tertiary/aromatic N) is 6. The van der Waals surface area contributed by atoms with Gasteiger partial charge < -0.3 is 0 Å². The molecule has 6 aromatic heterocycles. The van der Waals surface area contributed by atoms with Crippen LogP contribution in [0.5, 0.6) is 0 Å². The summed E-state index contributed by atoms with van der Waals surface area (Å²) in [4.78, 5) is 0. The number of rotatable bonds is 0. The van der Waals surface area contributed by atoms with Crippen LogP contribution >= 0.6 is 0 Å². The third-order valence-electron chi connectivity index (χ3n) is 34.8. The topological polar surface area (TPSA) is 23.3 Å². The van der Waals surface area contributed by atoms with Crippen LogP contribution in [-0.4, -0.2) is 0 Å². The first-order valence-corrected chi connectivity index (χ1v) is 46.6. The van der Waals surface area contributed by atoms with Crippen molar-refractivity contribution in [2.75, 3.05) is 0 Å². The fourth-order valence-electron chi connectivity index (χ4n) is 23.2. The van der Waals surface area contributed by atoms with Gasteiger partial charge >= 0.3 is 0 Å². The van der Waals surface area contributed by atoms with Crippen molar-refractivity contribution in [2.45, 2.75) is 328 Å². The molecule has 0 aliphatic heterocycles. The second-order valence-electron chi connectivity index (χ2n) is 45.6. The maximum absolute atomic E-state index is 7.86. The van der Waals surface area contributed by atoms with Crippen molar-refractivity contribution in [1.82, 2.24) is 0 Å². The van der Waals surface area contributed by atoms with E-state index >= 15 is 0 Å². The summed E-state index contributed by atoms with van der Waals surface area (Å²) >= 11 is 0. The molecule has 0 N–H and O–H groups in total. The Morgan fingerprint density at radius 3 is 0.758 bits per heavy atom. The second-order valence-corrected chi connectivity index (χ2v) is 45.6. The van der Waals surface area contributed by atoms with Crippen molar-refractivity contribution in [3.05, 3.63) is 315 Å². The highest BCUT2D eigenvalue weighted by Crippen LogP contribution is 2.61. The first-order valence-electron chi connectivity index (χ1n) is 52.6. The van der Waals surface area contributed by atoms with Crippen molar-refractivity contribution in [3.63, 3.8) is 0 Å². The maximum atomic E-state index is 7.86. The minimum absolute atomic E-state index is 0.0955. The SMILES string of the molecule is Cc1cc(C)c2c(c1)C(C)(C)C(C)(C)c1cc(C)c[n+](C)c1-2.Cc1cc(C)c2c(c1)C(C)(C)C(C)(C)c1ccc[n+](C)c1-2.Cc1cccc2c1-c1c(c(C)cc[n+]1C)C(C)(C)C2(C)C.[2H]C([2H])([2H])c1cc(C)c2c(c1)C(C)(C)C(C)(C)c1cc(C([2H])([2H])[2H])c[n+](C)c1-2.[2H]C([2H])([2H])c1cc(C)c2c(c1)C(C)(C)C(C)(C)c1ccc[n+](C)c1-2.[2H]C([2H])([2H])c1cc2c([n+](C)c1)-c1c(C)cccc1C(C)(C)C2(C)C. The van der Waals surface area contributed by atoms with Crippen molar-refractivity contribution in [1.29, 1.82) is 0 Å². The van der Waals surface area contributed by atoms with Gasteiger partial charge in [-0.25, -0.2) is 27.4 Å². The summed E-state index contributed by atoms with van der Waals surface area (Å²) in [6.45, 7) is 68.2. The standard InChI is InChI=1S/2C21H28N.4C20H26N/c2*1-13-9-15(3)18-16(10-13)20(4,5)21(6,7)17-11-14(2)12-22(8)19(17)18;2*1-13-11-14(2)17-16(12-13)20(5,6)19(3,4)15-9-8-10-21(7)18(15)17;1-13-11-16-18(21(7)12-13)17-14(2)9-8-10-15(17)19(3,4)20(16,5)6;1-13-9-8-10-15-16(13)18-17(14(2)11-12-21(18)7)20(5,6)19(15,3)4/h2*9-12H,1-8H3;4*8-12H,1-7H3/q6*+1/i1D3,2D3;;1D3;;1D3;. The maximum Gasteiger partial charge on any atom is 0.216 e. The quantitative estimate of drug-likeness (QED) is 0.135. The van der Waals surface area contributed by atoms with E-state index in [1.807, 2.05) is 67.4 Å². The van der Waals surface area contributed by atoms with Crippen LogP contribution in [0.25, 0.3) is 67.5 Å². The van der Waals surface area contributed by atoms with Crippen molar-refractivity contribution < 1.29 is 43.9 Å². The Bertz CT molecular complexity index is 6750. The predicted octanol–water partition coefficient (Wildman–Crippen LogP) is 26.8. The molecule has 6 nitrogen and oxygen atoms in total. The third kappa shape index (κ3) is 14.6. The Hall–Kier alpha value is -9.78. The van der Waals surface area contributed by atoms with E-state index < -0.39 is 32.8 Å². The number of hydrogen-bond acceptors (Lipinski definition) is 0. The molecule has 0 saturated carbocycles. The fraction of sp³-hybridized carbons (Fsp3) is 0.459. The van der Waals surface area contributed by atoms with Crippen molar-refractivity contribution in [3.8, 4) is 67.5 Å². The largest absolute Gasteiger partial charge is 0.216 e. The minimum Gasteiger partial charge on any atom is -0.201 e. The average molecular weight is 1720 g/mol. The Kier molecular flexibility index (Phi) is 20.1. The number of hydrogen-bond donors (Lipinski definition) is 0. The predicted molar refractivity (Wildman–Crippen MR) is 541 cm³/mol. The van der Waals surface area contributed by atoms with E-state index in [1.165, 1.54) is 140 Å². The molecule has 6 aliphatic carbocycles. The summed E-state index contributed by atoms with van der Waals surface area (Å²) in [7, 11) is 12.4. The Morgan fingerprint density at radius 1 is 0.188 bits per heavy atom. The van der Waals surface area contributed by atoms with Crippen LogP contribution in [0.4, 0.5) is 0 Å². The van der Waals surface area contributed by atoms with Crippen LogP contribution in [-0.2, 0) is 107 Å². The normalized spacial score (nSPS) is 19.8. The molecule has 6 heteroatoms. The molecular weight excluding hydrogens is 1550 g/mol. The summed E-state index contributed by atoms with van der Waals surface area (Å²) in [5.74, 6) is 0. The van der Waals surface area contributed by atoms with E-state index in [0.717, 1.165) is 50.3 Å². The summed E-state index contributed by atoms with van der Waals surface area (Å²) in [6, 6.07) is 47.0. The molecule has 12 aromatic rings. The molecule has 128 heavy (non-hydrogen) atoms. The smallest absolute Gasteiger partial charge is 0.201 e. The third-order valence-corrected chi connectivity index (χ3v) is 34.8. The lowest BCUT2D eigenvalue weighted by molar-refractivity contribution is -0.661. The van der Waals surface area contributed by atoms with Gasteiger partial charge in [-0.3, -0.25) is 0 Å². The molecule has 0 amide bonds. The van der Waals surface area contributed by atoms with Crippen LogP contribution < -0.4 is 27.4 Å². The van der Waals surface area contributed by atoms with Crippen LogP contribution in [0, 0.1) is 96.6 Å². The molecule has 0 saturated heterocycles. The van der Waals surface area contributed by atoms with E-state index in [0.29, 0.717) is 22.3 Å². The summed E-state index contributed by atoms with van der Waals surface area (Å²) in [6.07, 6.45) is 12.1. The molecule has 672 valence electrons. The van der Waals surface area contributed by atoms with Crippen LogP contribution in [0.15, 0.2) is 171 Å². The molecule has 0 fully saturated rings. The Labute approximate surface area is 792 Å². The molecule has 0 atom stereocenters. The molecule has 18 rings (SSSR count). The van der Waals surface area contributed by atoms with E-state index in [9.17, 15) is 0 Å². The van der Waals surface area contributed by atoms with Crippen molar-refractivity contribution in [2.24, 2.45) is 42.3 Å². The van der Waals surface area contributed by atoms with E-state index in [1.54, 1.807) is 18.5 Å². The first kappa shape index (κ1) is 80.3. The number of fused-ring (bicyclic) bond motifs is 18. The zero-order valence-electron chi connectivity index (χ0n) is 97.8. The van der Waals surface area contributed by atoms with Crippen LogP contribution in [0.2, 0.25) is 0 Å². The van der Waals surface area contributed by atoms with Gasteiger partial charge in [0.1, 0.15) is 42.3 Å². The highest BCUT2D eigenvalue weighted by Gasteiger charge is 2.56. The molecule has 6 heterocycles. The zero-order valence-corrected chi connectivity index (χ0v) is 85.8. The minimum atomic E-state index is -2.19. The first-order chi connectivity index (χ1) is 63.7. The molecular formula is C122H160N6+6. The van der Waals surface area contributed by atoms with Gasteiger partial charge in [0.2, 0.25) is 34.2 Å². The molecule has 0 bridgehead atoms. The summed E-state index contributed by atoms with van der Waals surface area (Å²) in [5, 5.41) is 0. The fourth-order valence-corrected chi connectivity index (χ4v) is 23.2. The lowest BCUT2D eigenvalue weighted by atomic mass is 9.55. The molecule has 6 aromatic carbocycles. The number of aromatic nitrogens is 6. The van der Waals surface area contributed by atoms with Gasteiger partial charge in [0.15, 0.2) is 37.2 Å². The van der Waals surface area contributed by atoms with Crippen LogP contribution in [0.3, 0.4) is 0 Å². The average Bonchev–Trinajstić information content (AvgIpc) is 0.714. The summed E-state index contributed by atoms with van der Waals surface area (Å²) in [5.41, 5.74) is 44.5. The highest BCUT2D eigenvalue weighted by molar-refractivity contribution is 5.82. The zero-order chi connectivity index (χ0) is 105. The van der Waals surface area contributed by atoms with Gasteiger partial charge in [-0.1, -0.05) is 273 Å². The van der Waals surface area contributed by atoms with Crippen molar-refractivity contribution >= 4 is 0 Å². The van der Waals surface area contributed by atoms with Gasteiger partial charge in [-0.2, -0.15) is 0 Å². The Balaban J connectivity index is 0.000000142. The monoisotopic (exact) mass is 1720 g/mol. The number of benzene rings is 6. The highest BCUT2D eigenvalue weighted by atomic mass is 15.0. The Morgan fingerprint density at radius 2 is 0.422 bits per heavy atom. The van der Waals surface area contributed by atoms with E-state index in [2.05, 4.69) is 390 Å². The molecule has 0 spiro atoms. The van der Waals surface area contributed by atoms with E-state index in [4.69, 9.17) is 16.4 Å². The lowest BCUT2D eigenvalue weighted by Crippen LogP contribution is -2.48. The van der Waals surface area contributed by atoms with Gasteiger partial charge in [0, 0.05) is 117 Å². The van der Waals surface area contributed by atoms with Crippen LogP contribution in [0.1, 0.15) is 327 Å². The lowest BCUT2D eigenvalue weighted by Gasteiger charge is -2.47. The molecule has 0 radical (unpaired) electrons.